The van der Waals surface area contributed by atoms with Gasteiger partial charge in [-0.3, -0.25) is 4.79 Å². The van der Waals surface area contributed by atoms with Crippen LogP contribution >= 0.6 is 0 Å². The van der Waals surface area contributed by atoms with Gasteiger partial charge in [0.25, 0.3) is 5.91 Å². The van der Waals surface area contributed by atoms with Crippen molar-refractivity contribution in [2.45, 2.75) is 12.8 Å². The monoisotopic (exact) mass is 345 g/mol. The minimum absolute atomic E-state index is 0.280. The third kappa shape index (κ3) is 3.73. The molecule has 0 bridgehead atoms. The lowest BCUT2D eigenvalue weighted by Crippen LogP contribution is -2.32. The first-order valence-electron chi connectivity index (χ1n) is 7.77. The van der Waals surface area contributed by atoms with Crippen LogP contribution in [0, 0.1) is 0 Å². The van der Waals surface area contributed by atoms with Crippen molar-refractivity contribution in [2.24, 2.45) is 0 Å². The molecule has 0 saturated carbocycles. The van der Waals surface area contributed by atoms with Gasteiger partial charge < -0.3 is 4.90 Å². The molecule has 1 saturated heterocycles. The molecule has 1 aromatic heterocycles. The minimum Gasteiger partial charge on any atom is -0.356 e. The molecule has 1 aromatic carbocycles. The molecule has 24 heavy (non-hydrogen) atoms. The Bertz CT molecular complexity index is 845. The molecule has 2 heterocycles. The van der Waals surface area contributed by atoms with Gasteiger partial charge in [-0.25, -0.2) is 18.1 Å². The van der Waals surface area contributed by atoms with Gasteiger partial charge in [0.2, 0.25) is 10.0 Å². The molecule has 0 unspecified atom stereocenters. The van der Waals surface area contributed by atoms with Crippen LogP contribution in [0.4, 0.5) is 5.82 Å². The Labute approximate surface area is 141 Å². The Kier molecular flexibility index (Phi) is 4.53. The number of nitrogens with one attached hydrogen (secondary N) is 1. The van der Waals surface area contributed by atoms with E-state index in [4.69, 9.17) is 0 Å². The van der Waals surface area contributed by atoms with Crippen molar-refractivity contribution in [2.75, 3.05) is 24.2 Å². The topological polar surface area (TPSA) is 79.4 Å². The molecule has 7 heteroatoms. The summed E-state index contributed by atoms with van der Waals surface area (Å²) >= 11 is 0. The van der Waals surface area contributed by atoms with Gasteiger partial charge in [-0.05, 0) is 25.0 Å². The van der Waals surface area contributed by atoms with Crippen LogP contribution in [0.1, 0.15) is 23.2 Å². The van der Waals surface area contributed by atoms with Gasteiger partial charge in [0.1, 0.15) is 5.82 Å². The summed E-state index contributed by atoms with van der Waals surface area (Å²) in [6.45, 7) is 1.62. The average molecular weight is 345 g/mol. The Morgan fingerprint density at radius 2 is 1.75 bits per heavy atom. The lowest BCUT2D eigenvalue weighted by atomic mass is 10.1. The maximum Gasteiger partial charge on any atom is 0.268 e. The maximum absolute atomic E-state index is 12.3. The Balaban J connectivity index is 2.03. The van der Waals surface area contributed by atoms with Crippen molar-refractivity contribution in [1.82, 2.24) is 9.71 Å². The third-order valence-electron chi connectivity index (χ3n) is 3.87. The standard InChI is InChI=1S/C17H19N3O3S/c1-24(22,23)19-17(21)14-9-10-15(13-7-3-2-4-8-13)18-16(14)20-11-5-6-12-20/h2-4,7-10H,5-6,11-12H2,1H3,(H,19,21). The van der Waals surface area contributed by atoms with Crippen LogP contribution in [-0.4, -0.2) is 38.7 Å². The zero-order valence-corrected chi connectivity index (χ0v) is 14.2. The van der Waals surface area contributed by atoms with Gasteiger partial charge in [0.05, 0.1) is 17.5 Å². The van der Waals surface area contributed by atoms with Crippen molar-refractivity contribution in [3.8, 4) is 11.3 Å². The van der Waals surface area contributed by atoms with E-state index >= 15 is 0 Å². The molecule has 0 atom stereocenters. The van der Waals surface area contributed by atoms with Crippen LogP contribution in [-0.2, 0) is 10.0 Å². The molecule has 1 aliphatic heterocycles. The molecule has 0 aliphatic carbocycles. The Morgan fingerprint density at radius 3 is 2.38 bits per heavy atom. The lowest BCUT2D eigenvalue weighted by molar-refractivity contribution is 0.0982. The zero-order valence-electron chi connectivity index (χ0n) is 13.4. The molecule has 3 rings (SSSR count). The van der Waals surface area contributed by atoms with Crippen molar-refractivity contribution < 1.29 is 13.2 Å². The first-order valence-corrected chi connectivity index (χ1v) is 9.67. The van der Waals surface area contributed by atoms with Gasteiger partial charge in [-0.1, -0.05) is 30.3 Å². The van der Waals surface area contributed by atoms with Crippen LogP contribution in [0.15, 0.2) is 42.5 Å². The van der Waals surface area contributed by atoms with Crippen LogP contribution in [0.3, 0.4) is 0 Å². The van der Waals surface area contributed by atoms with E-state index in [2.05, 4.69) is 4.98 Å². The van der Waals surface area contributed by atoms with Crippen LogP contribution < -0.4 is 9.62 Å². The van der Waals surface area contributed by atoms with E-state index in [1.807, 2.05) is 40.0 Å². The number of hydrogen-bond acceptors (Lipinski definition) is 5. The summed E-state index contributed by atoms with van der Waals surface area (Å²) < 4.78 is 24.8. The summed E-state index contributed by atoms with van der Waals surface area (Å²) in [6.07, 6.45) is 3.03. The third-order valence-corrected chi connectivity index (χ3v) is 4.43. The number of carbonyl (C=O) groups excluding carboxylic acids is 1. The number of anilines is 1. The fourth-order valence-electron chi connectivity index (χ4n) is 2.79. The normalized spacial score (nSPS) is 14.6. The molecule has 0 spiro atoms. The van der Waals surface area contributed by atoms with Crippen molar-refractivity contribution in [1.29, 1.82) is 0 Å². The number of carbonyl (C=O) groups is 1. The van der Waals surface area contributed by atoms with Gasteiger partial charge in [-0.15, -0.1) is 0 Å². The summed E-state index contributed by atoms with van der Waals surface area (Å²) in [5.41, 5.74) is 1.99. The Hall–Kier alpha value is -2.41. The van der Waals surface area contributed by atoms with Crippen molar-refractivity contribution >= 4 is 21.7 Å². The first-order chi connectivity index (χ1) is 11.4. The highest BCUT2D eigenvalue weighted by atomic mass is 32.2. The molecule has 1 amide bonds. The van der Waals surface area contributed by atoms with E-state index in [0.29, 0.717) is 5.82 Å². The van der Waals surface area contributed by atoms with Crippen LogP contribution in [0.2, 0.25) is 0 Å². The second kappa shape index (κ2) is 6.60. The molecule has 1 fully saturated rings. The first kappa shape index (κ1) is 16.4. The number of aromatic nitrogens is 1. The molecular formula is C17H19N3O3S. The second-order valence-electron chi connectivity index (χ2n) is 5.83. The van der Waals surface area contributed by atoms with Gasteiger partial charge in [0.15, 0.2) is 0 Å². The predicted molar refractivity (Wildman–Crippen MR) is 93.4 cm³/mol. The van der Waals surface area contributed by atoms with Crippen LogP contribution in [0.5, 0.6) is 0 Å². The van der Waals surface area contributed by atoms with Gasteiger partial charge in [-0.2, -0.15) is 0 Å². The van der Waals surface area contributed by atoms with Gasteiger partial charge in [0, 0.05) is 18.7 Å². The highest BCUT2D eigenvalue weighted by Gasteiger charge is 2.23. The molecule has 2 aromatic rings. The summed E-state index contributed by atoms with van der Waals surface area (Å²) in [4.78, 5) is 19.0. The predicted octanol–water partition coefficient (Wildman–Crippen LogP) is 2.04. The van der Waals surface area contributed by atoms with Gasteiger partial charge >= 0.3 is 0 Å². The number of amides is 1. The molecule has 6 nitrogen and oxygen atoms in total. The van der Waals surface area contributed by atoms with E-state index in [9.17, 15) is 13.2 Å². The SMILES string of the molecule is CS(=O)(=O)NC(=O)c1ccc(-c2ccccc2)nc1N1CCCC1. The molecule has 1 aliphatic rings. The lowest BCUT2D eigenvalue weighted by Gasteiger charge is -2.20. The van der Waals surface area contributed by atoms with E-state index < -0.39 is 15.9 Å². The fourth-order valence-corrected chi connectivity index (χ4v) is 3.24. The summed E-state index contributed by atoms with van der Waals surface area (Å²) in [5.74, 6) is -0.110. The number of benzene rings is 1. The number of nitrogens with zero attached hydrogens (tertiary/aromatic N) is 2. The molecule has 0 radical (unpaired) electrons. The van der Waals surface area contributed by atoms with Crippen LogP contribution in [0.25, 0.3) is 11.3 Å². The maximum atomic E-state index is 12.3. The molecular weight excluding hydrogens is 326 g/mol. The van der Waals surface area contributed by atoms with Crippen molar-refractivity contribution in [3.63, 3.8) is 0 Å². The smallest absolute Gasteiger partial charge is 0.268 e. The number of hydrogen-bond donors (Lipinski definition) is 1. The molecule has 1 N–H and O–H groups in total. The summed E-state index contributed by atoms with van der Waals surface area (Å²) in [7, 11) is -3.62. The van der Waals surface area contributed by atoms with E-state index in [0.717, 1.165) is 43.4 Å². The number of pyridine rings is 1. The Morgan fingerprint density at radius 1 is 1.08 bits per heavy atom. The van der Waals surface area contributed by atoms with Crippen molar-refractivity contribution in [3.05, 3.63) is 48.0 Å². The molecule has 126 valence electrons. The highest BCUT2D eigenvalue weighted by Crippen LogP contribution is 2.27. The number of sulfonamides is 1. The summed E-state index contributed by atoms with van der Waals surface area (Å²) in [5, 5.41) is 0. The van der Waals surface area contributed by atoms with E-state index in [1.54, 1.807) is 12.1 Å². The zero-order chi connectivity index (χ0) is 17.2. The van der Waals surface area contributed by atoms with E-state index in [1.165, 1.54) is 0 Å². The van der Waals surface area contributed by atoms with E-state index in [-0.39, 0.29) is 5.56 Å². The minimum atomic E-state index is -3.62. The number of rotatable bonds is 4. The largest absolute Gasteiger partial charge is 0.356 e. The quantitative estimate of drug-likeness (QED) is 0.917. The average Bonchev–Trinajstić information content (AvgIpc) is 3.08. The fraction of sp³-hybridized carbons (Fsp3) is 0.294. The highest BCUT2D eigenvalue weighted by molar-refractivity contribution is 7.89. The summed E-state index contributed by atoms with van der Waals surface area (Å²) in [6, 6.07) is 13.1. The second-order valence-corrected chi connectivity index (χ2v) is 7.58.